The van der Waals surface area contributed by atoms with Gasteiger partial charge in [-0.2, -0.15) is 0 Å². The van der Waals surface area contributed by atoms with Gasteiger partial charge in [0, 0.05) is 12.4 Å². The second kappa shape index (κ2) is 7.92. The maximum absolute atomic E-state index is 4.25. The first-order valence-corrected chi connectivity index (χ1v) is 9.50. The maximum Gasteiger partial charge on any atom is 0.106 e. The third kappa shape index (κ3) is 5.25. The van der Waals surface area contributed by atoms with Gasteiger partial charge in [0.2, 0.25) is 0 Å². The number of pyridine rings is 2. The Morgan fingerprint density at radius 2 is 1.29 bits per heavy atom. The minimum Gasteiger partial charge on any atom is -0.249 e. The second-order valence-electron chi connectivity index (χ2n) is 2.86. The Morgan fingerprint density at radius 1 is 0.765 bits per heavy atom. The van der Waals surface area contributed by atoms with Gasteiger partial charge in [-0.15, -0.1) is 0 Å². The quantitative estimate of drug-likeness (QED) is 0.439. The number of nitrogens with zero attached hydrogens (tertiary/aromatic N) is 2. The first kappa shape index (κ1) is 13.1. The van der Waals surface area contributed by atoms with Crippen molar-refractivity contribution in [2.75, 3.05) is 5.08 Å². The van der Waals surface area contributed by atoms with Crippen molar-refractivity contribution < 1.29 is 0 Å². The molecule has 2 aromatic rings. The van der Waals surface area contributed by atoms with Crippen LogP contribution < -0.4 is 0 Å². The predicted octanol–water partition coefficient (Wildman–Crippen LogP) is 4.61. The maximum atomic E-state index is 4.25. The van der Waals surface area contributed by atoms with E-state index in [0.29, 0.717) is 0 Å². The molecule has 17 heavy (non-hydrogen) atoms. The van der Waals surface area contributed by atoms with E-state index in [1.165, 1.54) is 0 Å². The van der Waals surface area contributed by atoms with Gasteiger partial charge >= 0.3 is 0 Å². The summed E-state index contributed by atoms with van der Waals surface area (Å²) in [6.07, 6.45) is 3.64. The first-order chi connectivity index (χ1) is 8.45. The second-order valence-corrected chi connectivity index (χ2v) is 7.85. The highest BCUT2D eigenvalue weighted by Crippen LogP contribution is 2.38. The van der Waals surface area contributed by atoms with Gasteiger partial charge in [0.15, 0.2) is 0 Å². The van der Waals surface area contributed by atoms with Gasteiger partial charge in [-0.3, -0.25) is 0 Å². The van der Waals surface area contributed by atoms with Gasteiger partial charge in [-0.1, -0.05) is 33.7 Å². The van der Waals surface area contributed by atoms with Crippen molar-refractivity contribution in [2.45, 2.75) is 10.1 Å². The van der Waals surface area contributed by atoms with Gasteiger partial charge in [0.25, 0.3) is 0 Å². The first-order valence-electron chi connectivity index (χ1n) is 4.86. The van der Waals surface area contributed by atoms with Crippen molar-refractivity contribution in [1.82, 2.24) is 9.97 Å². The zero-order chi connectivity index (χ0) is 11.8. The minimum absolute atomic E-state index is 1.00. The third-order valence-electron chi connectivity index (χ3n) is 1.66. The molecule has 0 amide bonds. The summed E-state index contributed by atoms with van der Waals surface area (Å²) in [6, 6.07) is 11.9. The molecule has 0 aromatic carbocycles. The summed E-state index contributed by atoms with van der Waals surface area (Å²) < 4.78 is 0. The normalized spacial score (nSPS) is 10.4. The van der Waals surface area contributed by atoms with E-state index in [9.17, 15) is 0 Å². The predicted molar refractivity (Wildman–Crippen MR) is 80.2 cm³/mol. The Labute approximate surface area is 117 Å². The van der Waals surface area contributed by atoms with Crippen LogP contribution >= 0.6 is 43.2 Å². The van der Waals surface area contributed by atoms with Crippen LogP contribution in [0.4, 0.5) is 0 Å². The molecule has 0 radical (unpaired) electrons. The third-order valence-corrected chi connectivity index (χ3v) is 6.95. The van der Waals surface area contributed by atoms with E-state index >= 15 is 0 Å². The van der Waals surface area contributed by atoms with Crippen molar-refractivity contribution in [3.8, 4) is 0 Å². The van der Waals surface area contributed by atoms with Crippen LogP contribution in [0.5, 0.6) is 0 Å². The van der Waals surface area contributed by atoms with E-state index in [1.54, 1.807) is 43.2 Å². The molecule has 0 spiro atoms. The SMILES string of the molecule is c1ccc(SSCSSc2ccccn2)nc1. The van der Waals surface area contributed by atoms with Crippen molar-refractivity contribution in [3.05, 3.63) is 48.8 Å². The summed E-state index contributed by atoms with van der Waals surface area (Å²) in [5, 5.41) is 3.12. The Morgan fingerprint density at radius 3 is 1.71 bits per heavy atom. The molecular formula is C11H10N2S4. The van der Waals surface area contributed by atoms with Crippen molar-refractivity contribution >= 4 is 43.2 Å². The average molecular weight is 298 g/mol. The molecule has 0 aliphatic rings. The molecule has 2 nitrogen and oxygen atoms in total. The molecule has 2 aromatic heterocycles. The van der Waals surface area contributed by atoms with Gasteiger partial charge in [-0.05, 0) is 45.9 Å². The van der Waals surface area contributed by atoms with Crippen LogP contribution in [0.1, 0.15) is 0 Å². The Balaban J connectivity index is 1.61. The topological polar surface area (TPSA) is 25.8 Å². The smallest absolute Gasteiger partial charge is 0.106 e. The largest absolute Gasteiger partial charge is 0.249 e. The highest BCUT2D eigenvalue weighted by Gasteiger charge is 1.97. The lowest BCUT2D eigenvalue weighted by Crippen LogP contribution is -1.74. The summed E-state index contributed by atoms with van der Waals surface area (Å²) in [7, 11) is 7.00. The van der Waals surface area contributed by atoms with Crippen LogP contribution in [0.3, 0.4) is 0 Å². The van der Waals surface area contributed by atoms with Gasteiger partial charge in [-0.25, -0.2) is 9.97 Å². The summed E-state index contributed by atoms with van der Waals surface area (Å²) in [5.41, 5.74) is 0. The highest BCUT2D eigenvalue weighted by molar-refractivity contribution is 8.85. The van der Waals surface area contributed by atoms with Crippen LogP contribution in [0.2, 0.25) is 0 Å². The standard InChI is InChI=1S/C11H10N2S4/c1-3-7-12-10(5-1)16-14-9-15-17-11-6-2-4-8-13-11/h1-8H,9H2. The van der Waals surface area contributed by atoms with Crippen molar-refractivity contribution in [1.29, 1.82) is 0 Å². The molecule has 2 heterocycles. The van der Waals surface area contributed by atoms with Crippen LogP contribution in [0.15, 0.2) is 58.8 Å². The van der Waals surface area contributed by atoms with Crippen LogP contribution in [0, 0.1) is 0 Å². The summed E-state index contributed by atoms with van der Waals surface area (Å²) in [5.74, 6) is 0. The fourth-order valence-corrected chi connectivity index (χ4v) is 5.84. The average Bonchev–Trinajstić information content (AvgIpc) is 2.41. The summed E-state index contributed by atoms with van der Waals surface area (Å²) >= 11 is 0. The molecule has 88 valence electrons. The van der Waals surface area contributed by atoms with E-state index < -0.39 is 0 Å². The van der Waals surface area contributed by atoms with Gasteiger partial charge < -0.3 is 0 Å². The molecule has 0 saturated heterocycles. The van der Waals surface area contributed by atoms with Gasteiger partial charge in [0.05, 0.1) is 5.08 Å². The fraction of sp³-hybridized carbons (Fsp3) is 0.0909. The van der Waals surface area contributed by atoms with Gasteiger partial charge in [0.1, 0.15) is 10.1 Å². The molecule has 6 heteroatoms. The zero-order valence-electron chi connectivity index (χ0n) is 8.85. The Kier molecular flexibility index (Phi) is 6.12. The lowest BCUT2D eigenvalue weighted by atomic mass is 10.5. The zero-order valence-corrected chi connectivity index (χ0v) is 12.1. The summed E-state index contributed by atoms with van der Waals surface area (Å²) in [4.78, 5) is 8.50. The molecule has 0 aliphatic carbocycles. The van der Waals surface area contributed by atoms with E-state index in [4.69, 9.17) is 0 Å². The van der Waals surface area contributed by atoms with Crippen LogP contribution in [-0.2, 0) is 0 Å². The molecular weight excluding hydrogens is 288 g/mol. The monoisotopic (exact) mass is 298 g/mol. The lowest BCUT2D eigenvalue weighted by molar-refractivity contribution is 1.14. The molecule has 0 atom stereocenters. The van der Waals surface area contributed by atoms with Crippen molar-refractivity contribution in [2.24, 2.45) is 0 Å². The Bertz CT molecular complexity index is 383. The molecule has 0 fully saturated rings. The Hall–Kier alpha value is -0.300. The number of rotatable bonds is 6. The molecule has 0 N–H and O–H groups in total. The molecule has 2 rings (SSSR count). The summed E-state index contributed by atoms with van der Waals surface area (Å²) in [6.45, 7) is 0. The van der Waals surface area contributed by atoms with E-state index in [0.717, 1.165) is 15.1 Å². The number of hydrogen-bond donors (Lipinski definition) is 0. The number of hydrogen-bond acceptors (Lipinski definition) is 6. The number of aromatic nitrogens is 2. The van der Waals surface area contributed by atoms with Crippen LogP contribution in [-0.4, -0.2) is 15.1 Å². The van der Waals surface area contributed by atoms with E-state index in [2.05, 4.69) is 9.97 Å². The minimum atomic E-state index is 1.00. The van der Waals surface area contributed by atoms with E-state index in [1.807, 2.05) is 48.8 Å². The highest BCUT2D eigenvalue weighted by atomic mass is 33.1. The fourth-order valence-electron chi connectivity index (χ4n) is 0.981. The molecule has 0 saturated carbocycles. The molecule has 0 unspecified atom stereocenters. The molecule has 0 bridgehead atoms. The van der Waals surface area contributed by atoms with E-state index in [-0.39, 0.29) is 0 Å². The lowest BCUT2D eigenvalue weighted by Gasteiger charge is -1.99. The van der Waals surface area contributed by atoms with Crippen molar-refractivity contribution in [3.63, 3.8) is 0 Å². The van der Waals surface area contributed by atoms with Crippen LogP contribution in [0.25, 0.3) is 0 Å². The molecule has 0 aliphatic heterocycles.